The van der Waals surface area contributed by atoms with E-state index in [1.54, 1.807) is 35.6 Å². The molecule has 0 radical (unpaired) electrons. The lowest BCUT2D eigenvalue weighted by Crippen LogP contribution is -2.44. The number of rotatable bonds is 4. The number of aromatic nitrogens is 2. The molecule has 1 amide bonds. The number of hydrogen-bond donors (Lipinski definition) is 2. The molecule has 6 heteroatoms. The molecule has 1 aliphatic rings. The van der Waals surface area contributed by atoms with Gasteiger partial charge in [0.15, 0.2) is 6.10 Å². The predicted molar refractivity (Wildman–Crippen MR) is 86.7 cm³/mol. The Morgan fingerprint density at radius 1 is 1.17 bits per heavy atom. The van der Waals surface area contributed by atoms with Crippen LogP contribution in [0, 0.1) is 0 Å². The molecule has 1 fully saturated rings. The number of carbonyl (C=O) groups excluding carboxylic acids is 1. The fraction of sp³-hybridized carbons (Fsp3) is 0.353. The molecule has 1 saturated heterocycles. The van der Waals surface area contributed by atoms with Gasteiger partial charge in [-0.25, -0.2) is 0 Å². The van der Waals surface area contributed by atoms with E-state index in [9.17, 15) is 9.90 Å². The summed E-state index contributed by atoms with van der Waals surface area (Å²) in [6.45, 7) is 1.27. The van der Waals surface area contributed by atoms with Crippen molar-refractivity contribution in [3.05, 3.63) is 54.6 Å². The van der Waals surface area contributed by atoms with Gasteiger partial charge in [-0.1, -0.05) is 6.07 Å². The molecular weight excluding hydrogens is 292 g/mol. The second-order valence-corrected chi connectivity index (χ2v) is 5.67. The normalized spacial score (nSPS) is 16.8. The number of likely N-dealkylation sites (tertiary alicyclic amines) is 1. The van der Waals surface area contributed by atoms with Crippen LogP contribution >= 0.6 is 0 Å². The third-order valence-electron chi connectivity index (χ3n) is 4.07. The Labute approximate surface area is 135 Å². The van der Waals surface area contributed by atoms with Gasteiger partial charge in [0.1, 0.15) is 0 Å². The minimum Gasteiger partial charge on any atom is -0.381 e. The molecule has 2 aromatic heterocycles. The second-order valence-electron chi connectivity index (χ2n) is 5.67. The van der Waals surface area contributed by atoms with Crippen molar-refractivity contribution in [3.63, 3.8) is 0 Å². The van der Waals surface area contributed by atoms with Gasteiger partial charge in [0.05, 0.1) is 5.69 Å². The third-order valence-corrected chi connectivity index (χ3v) is 4.07. The van der Waals surface area contributed by atoms with Gasteiger partial charge >= 0.3 is 0 Å². The minimum absolute atomic E-state index is 0.252. The minimum atomic E-state index is -1.13. The Bertz CT molecular complexity index is 628. The second kappa shape index (κ2) is 7.19. The number of carbonyl (C=O) groups is 1. The maximum Gasteiger partial charge on any atom is 0.256 e. The zero-order valence-electron chi connectivity index (χ0n) is 12.8. The van der Waals surface area contributed by atoms with Crippen LogP contribution in [0.2, 0.25) is 0 Å². The average molecular weight is 312 g/mol. The summed E-state index contributed by atoms with van der Waals surface area (Å²) < 4.78 is 0. The summed E-state index contributed by atoms with van der Waals surface area (Å²) in [5.74, 6) is -0.252. The first-order chi connectivity index (χ1) is 11.2. The fourth-order valence-corrected chi connectivity index (χ4v) is 2.78. The van der Waals surface area contributed by atoms with Gasteiger partial charge in [0.25, 0.3) is 5.91 Å². The zero-order chi connectivity index (χ0) is 16.1. The molecule has 0 spiro atoms. The molecule has 0 bridgehead atoms. The van der Waals surface area contributed by atoms with Crippen LogP contribution in [0.1, 0.15) is 24.5 Å². The molecular formula is C17H20N4O2. The number of amides is 1. The van der Waals surface area contributed by atoms with Gasteiger partial charge < -0.3 is 15.3 Å². The Morgan fingerprint density at radius 3 is 2.48 bits per heavy atom. The van der Waals surface area contributed by atoms with E-state index in [0.717, 1.165) is 18.5 Å². The van der Waals surface area contributed by atoms with Crippen molar-refractivity contribution in [1.29, 1.82) is 0 Å². The molecule has 120 valence electrons. The highest BCUT2D eigenvalue weighted by molar-refractivity contribution is 5.82. The monoisotopic (exact) mass is 312 g/mol. The summed E-state index contributed by atoms with van der Waals surface area (Å²) in [5, 5.41) is 13.6. The summed E-state index contributed by atoms with van der Waals surface area (Å²) in [7, 11) is 0. The van der Waals surface area contributed by atoms with Crippen molar-refractivity contribution >= 4 is 11.6 Å². The standard InChI is InChI=1S/C17H20N4O2/c22-16(13-3-1-7-18-11-13)17(23)21-9-5-14(6-10-21)20-15-4-2-8-19-12-15/h1-4,7-8,11-12,14,16,20,22H,5-6,9-10H2. The van der Waals surface area contributed by atoms with Gasteiger partial charge in [0, 0.05) is 49.5 Å². The molecule has 0 aromatic carbocycles. The number of aliphatic hydroxyl groups is 1. The van der Waals surface area contributed by atoms with E-state index in [2.05, 4.69) is 15.3 Å². The highest BCUT2D eigenvalue weighted by Gasteiger charge is 2.28. The Kier molecular flexibility index (Phi) is 4.83. The lowest BCUT2D eigenvalue weighted by molar-refractivity contribution is -0.141. The lowest BCUT2D eigenvalue weighted by atomic mass is 10.0. The maximum absolute atomic E-state index is 12.4. The van der Waals surface area contributed by atoms with Crippen molar-refractivity contribution in [1.82, 2.24) is 14.9 Å². The molecule has 0 saturated carbocycles. The van der Waals surface area contributed by atoms with Crippen LogP contribution in [0.3, 0.4) is 0 Å². The lowest BCUT2D eigenvalue weighted by Gasteiger charge is -2.34. The number of nitrogens with zero attached hydrogens (tertiary/aromatic N) is 3. The number of pyridine rings is 2. The van der Waals surface area contributed by atoms with Crippen molar-refractivity contribution in [2.75, 3.05) is 18.4 Å². The summed E-state index contributed by atoms with van der Waals surface area (Å²) in [6.07, 6.45) is 7.25. The van der Waals surface area contributed by atoms with Crippen LogP contribution in [0.5, 0.6) is 0 Å². The average Bonchev–Trinajstić information content (AvgIpc) is 2.63. The van der Waals surface area contributed by atoms with Crippen LogP contribution in [0.4, 0.5) is 5.69 Å². The number of nitrogens with one attached hydrogen (secondary N) is 1. The van der Waals surface area contributed by atoms with Crippen molar-refractivity contribution in [3.8, 4) is 0 Å². The van der Waals surface area contributed by atoms with E-state index in [1.165, 1.54) is 6.20 Å². The molecule has 1 aliphatic heterocycles. The summed E-state index contributed by atoms with van der Waals surface area (Å²) in [5.41, 5.74) is 1.53. The topological polar surface area (TPSA) is 78.3 Å². The van der Waals surface area contributed by atoms with Crippen molar-refractivity contribution in [2.24, 2.45) is 0 Å². The van der Waals surface area contributed by atoms with Crippen LogP contribution in [0.15, 0.2) is 49.1 Å². The highest BCUT2D eigenvalue weighted by Crippen LogP contribution is 2.20. The molecule has 3 heterocycles. The molecule has 2 aromatic rings. The number of hydrogen-bond acceptors (Lipinski definition) is 5. The molecule has 6 nitrogen and oxygen atoms in total. The molecule has 3 rings (SSSR count). The summed E-state index contributed by atoms with van der Waals surface area (Å²) >= 11 is 0. The summed E-state index contributed by atoms with van der Waals surface area (Å²) in [6, 6.07) is 7.63. The zero-order valence-corrected chi connectivity index (χ0v) is 12.8. The van der Waals surface area contributed by atoms with Gasteiger partial charge in [-0.15, -0.1) is 0 Å². The molecule has 1 atom stereocenters. The van der Waals surface area contributed by atoms with Crippen LogP contribution in [-0.4, -0.2) is 45.0 Å². The quantitative estimate of drug-likeness (QED) is 0.897. The van der Waals surface area contributed by atoms with Crippen LogP contribution in [-0.2, 0) is 4.79 Å². The largest absolute Gasteiger partial charge is 0.381 e. The maximum atomic E-state index is 12.4. The number of aliphatic hydroxyl groups excluding tert-OH is 1. The van der Waals surface area contributed by atoms with Crippen molar-refractivity contribution in [2.45, 2.75) is 25.0 Å². The molecule has 23 heavy (non-hydrogen) atoms. The van der Waals surface area contributed by atoms with E-state index in [-0.39, 0.29) is 5.91 Å². The van der Waals surface area contributed by atoms with E-state index in [0.29, 0.717) is 24.7 Å². The number of anilines is 1. The first-order valence-electron chi connectivity index (χ1n) is 7.77. The first-order valence-corrected chi connectivity index (χ1v) is 7.77. The third kappa shape index (κ3) is 3.84. The predicted octanol–water partition coefficient (Wildman–Crippen LogP) is 1.61. The molecule has 1 unspecified atom stereocenters. The van der Waals surface area contributed by atoms with E-state index >= 15 is 0 Å². The highest BCUT2D eigenvalue weighted by atomic mass is 16.3. The molecule has 2 N–H and O–H groups in total. The van der Waals surface area contributed by atoms with Crippen LogP contribution in [0.25, 0.3) is 0 Å². The Morgan fingerprint density at radius 2 is 1.87 bits per heavy atom. The van der Waals surface area contributed by atoms with Gasteiger partial charge in [0.2, 0.25) is 0 Å². The SMILES string of the molecule is O=C(C(O)c1cccnc1)N1CCC(Nc2cccnc2)CC1. The van der Waals surface area contributed by atoms with Crippen molar-refractivity contribution < 1.29 is 9.90 Å². The van der Waals surface area contributed by atoms with E-state index < -0.39 is 6.10 Å². The van der Waals surface area contributed by atoms with Gasteiger partial charge in [-0.05, 0) is 31.0 Å². The number of piperidine rings is 1. The van der Waals surface area contributed by atoms with Gasteiger partial charge in [-0.2, -0.15) is 0 Å². The molecule has 0 aliphatic carbocycles. The Balaban J connectivity index is 1.53. The van der Waals surface area contributed by atoms with E-state index in [1.807, 2.05) is 12.1 Å². The van der Waals surface area contributed by atoms with E-state index in [4.69, 9.17) is 0 Å². The first kappa shape index (κ1) is 15.4. The summed E-state index contributed by atoms with van der Waals surface area (Å²) in [4.78, 5) is 22.1. The fourth-order valence-electron chi connectivity index (χ4n) is 2.78. The Hall–Kier alpha value is -2.47. The smallest absolute Gasteiger partial charge is 0.256 e. The van der Waals surface area contributed by atoms with Crippen LogP contribution < -0.4 is 5.32 Å². The van der Waals surface area contributed by atoms with Gasteiger partial charge in [-0.3, -0.25) is 14.8 Å².